The molecule has 154 valence electrons. The van der Waals surface area contributed by atoms with Gasteiger partial charge in [0, 0.05) is 23.1 Å². The van der Waals surface area contributed by atoms with Crippen LogP contribution in [0.15, 0.2) is 66.2 Å². The number of halogens is 4. The molecule has 9 heteroatoms. The maximum Gasteiger partial charge on any atom is 0.137 e. The van der Waals surface area contributed by atoms with Gasteiger partial charge in [-0.05, 0) is 23.3 Å². The molecule has 1 aliphatic heterocycles. The molecule has 0 saturated carbocycles. The average Bonchev–Trinajstić information content (AvgIpc) is 3.35. The fourth-order valence-electron chi connectivity index (χ4n) is 3.38. The molecule has 0 fully saturated rings. The Labute approximate surface area is 192 Å². The highest BCUT2D eigenvalue weighted by Gasteiger charge is 2.28. The number of rotatable bonds is 6. The average molecular weight is 473 g/mol. The number of amidine groups is 1. The maximum absolute atomic E-state index is 6.39. The third-order valence-electron chi connectivity index (χ3n) is 4.69. The summed E-state index contributed by atoms with van der Waals surface area (Å²) >= 11 is 12.4. The summed E-state index contributed by atoms with van der Waals surface area (Å²) in [5, 5.41) is 5.61. The van der Waals surface area contributed by atoms with Gasteiger partial charge in [0.2, 0.25) is 0 Å². The van der Waals surface area contributed by atoms with Crippen LogP contribution in [-0.2, 0) is 13.1 Å². The number of aromatic nitrogens is 3. The smallest absolute Gasteiger partial charge is 0.137 e. The van der Waals surface area contributed by atoms with Crippen LogP contribution in [0, 0.1) is 0 Å². The molecule has 2 heterocycles. The standard InChI is InChI=1S/C20H19Cl2N5.2ClH/c21-17-7-6-16(19(22)10-17)11-26-9-8-24-20(26)18(12-27-14-23-13-25-27)15-4-2-1-3-5-15;;/h1-7,10,13-14,18H,8-9,11-12H2;2*1H. The first-order valence-electron chi connectivity index (χ1n) is 8.81. The van der Waals surface area contributed by atoms with Crippen molar-refractivity contribution in [2.24, 2.45) is 4.99 Å². The number of benzene rings is 2. The van der Waals surface area contributed by atoms with Gasteiger partial charge in [-0.1, -0.05) is 59.6 Å². The monoisotopic (exact) mass is 471 g/mol. The summed E-state index contributed by atoms with van der Waals surface area (Å²) in [4.78, 5) is 11.2. The summed E-state index contributed by atoms with van der Waals surface area (Å²) in [6.07, 6.45) is 3.30. The van der Waals surface area contributed by atoms with E-state index in [1.807, 2.05) is 22.9 Å². The second-order valence-corrected chi connectivity index (χ2v) is 7.32. The molecule has 0 spiro atoms. The van der Waals surface area contributed by atoms with E-state index in [1.165, 1.54) is 5.56 Å². The first-order valence-corrected chi connectivity index (χ1v) is 9.57. The van der Waals surface area contributed by atoms with Gasteiger partial charge < -0.3 is 4.90 Å². The highest BCUT2D eigenvalue weighted by atomic mass is 35.5. The Bertz CT molecular complexity index is 931. The molecule has 5 nitrogen and oxygen atoms in total. The Balaban J connectivity index is 0.00000150. The molecular formula is C20H21Cl4N5. The first-order chi connectivity index (χ1) is 13.2. The fourth-order valence-corrected chi connectivity index (χ4v) is 3.85. The van der Waals surface area contributed by atoms with E-state index in [9.17, 15) is 0 Å². The second-order valence-electron chi connectivity index (χ2n) is 6.48. The van der Waals surface area contributed by atoms with E-state index in [-0.39, 0.29) is 30.7 Å². The van der Waals surface area contributed by atoms with Crippen LogP contribution in [0.3, 0.4) is 0 Å². The molecule has 3 aromatic rings. The first kappa shape index (κ1) is 23.5. The van der Waals surface area contributed by atoms with Crippen LogP contribution in [0.5, 0.6) is 0 Å². The van der Waals surface area contributed by atoms with Crippen molar-refractivity contribution in [1.29, 1.82) is 0 Å². The lowest BCUT2D eigenvalue weighted by Gasteiger charge is -2.27. The topological polar surface area (TPSA) is 46.3 Å². The van der Waals surface area contributed by atoms with Crippen molar-refractivity contribution < 1.29 is 0 Å². The molecule has 4 rings (SSSR count). The zero-order chi connectivity index (χ0) is 18.6. The Morgan fingerprint density at radius 1 is 1.03 bits per heavy atom. The van der Waals surface area contributed by atoms with Gasteiger partial charge in [-0.3, -0.25) is 9.67 Å². The van der Waals surface area contributed by atoms with E-state index in [4.69, 9.17) is 28.2 Å². The van der Waals surface area contributed by atoms with E-state index in [0.717, 1.165) is 24.5 Å². The molecule has 0 aliphatic carbocycles. The minimum atomic E-state index is 0. The minimum Gasteiger partial charge on any atom is -0.354 e. The van der Waals surface area contributed by atoms with E-state index < -0.39 is 0 Å². The lowest BCUT2D eigenvalue weighted by atomic mass is 9.97. The van der Waals surface area contributed by atoms with Crippen LogP contribution in [0.4, 0.5) is 0 Å². The third-order valence-corrected chi connectivity index (χ3v) is 5.28. The second kappa shape index (κ2) is 10.8. The highest BCUT2D eigenvalue weighted by molar-refractivity contribution is 6.35. The number of hydrogen-bond acceptors (Lipinski definition) is 4. The highest BCUT2D eigenvalue weighted by Crippen LogP contribution is 2.28. The molecule has 2 aromatic carbocycles. The molecule has 1 aliphatic rings. The molecule has 1 aromatic heterocycles. The van der Waals surface area contributed by atoms with Gasteiger partial charge in [0.05, 0.1) is 19.0 Å². The normalized spacial score (nSPS) is 14.0. The molecule has 0 amide bonds. The molecular weight excluding hydrogens is 452 g/mol. The third kappa shape index (κ3) is 5.64. The zero-order valence-electron chi connectivity index (χ0n) is 15.5. The predicted molar refractivity (Wildman–Crippen MR) is 123 cm³/mol. The number of aliphatic imine (C=N–C) groups is 1. The Kier molecular flexibility index (Phi) is 8.78. The van der Waals surface area contributed by atoms with E-state index in [2.05, 4.69) is 39.2 Å². The lowest BCUT2D eigenvalue weighted by molar-refractivity contribution is 0.427. The molecule has 0 radical (unpaired) electrons. The molecule has 1 atom stereocenters. The predicted octanol–water partition coefficient (Wildman–Crippen LogP) is 5.13. The van der Waals surface area contributed by atoms with Gasteiger partial charge in [0.15, 0.2) is 0 Å². The number of hydrogen-bond donors (Lipinski definition) is 0. The zero-order valence-corrected chi connectivity index (χ0v) is 18.6. The van der Waals surface area contributed by atoms with Gasteiger partial charge in [-0.2, -0.15) is 5.10 Å². The van der Waals surface area contributed by atoms with Crippen molar-refractivity contribution in [3.63, 3.8) is 0 Å². The van der Waals surface area contributed by atoms with Crippen molar-refractivity contribution >= 4 is 53.9 Å². The Morgan fingerprint density at radius 2 is 1.83 bits per heavy atom. The van der Waals surface area contributed by atoms with Crippen LogP contribution in [0.1, 0.15) is 17.0 Å². The van der Waals surface area contributed by atoms with Gasteiger partial charge >= 0.3 is 0 Å². The van der Waals surface area contributed by atoms with Crippen molar-refractivity contribution in [2.75, 3.05) is 13.1 Å². The van der Waals surface area contributed by atoms with Crippen molar-refractivity contribution in [2.45, 2.75) is 19.0 Å². The van der Waals surface area contributed by atoms with Crippen LogP contribution in [0.2, 0.25) is 10.0 Å². The molecule has 0 N–H and O–H groups in total. The summed E-state index contributed by atoms with van der Waals surface area (Å²) in [6, 6.07) is 16.0. The summed E-state index contributed by atoms with van der Waals surface area (Å²) in [5.41, 5.74) is 2.25. The summed E-state index contributed by atoms with van der Waals surface area (Å²) in [6.45, 7) is 3.04. The SMILES string of the molecule is Cl.Cl.Clc1ccc(CN2CCN=C2C(Cn2cncn2)c2ccccc2)c(Cl)c1. The van der Waals surface area contributed by atoms with Crippen molar-refractivity contribution in [3.8, 4) is 0 Å². The van der Waals surface area contributed by atoms with Gasteiger partial charge in [0.1, 0.15) is 18.5 Å². The quantitative estimate of drug-likeness (QED) is 0.499. The maximum atomic E-state index is 6.39. The van der Waals surface area contributed by atoms with Gasteiger partial charge in [-0.15, -0.1) is 24.8 Å². The van der Waals surface area contributed by atoms with Crippen molar-refractivity contribution in [1.82, 2.24) is 19.7 Å². The largest absolute Gasteiger partial charge is 0.354 e. The minimum absolute atomic E-state index is 0. The van der Waals surface area contributed by atoms with Crippen LogP contribution < -0.4 is 0 Å². The Hall–Kier alpha value is -1.79. The van der Waals surface area contributed by atoms with E-state index >= 15 is 0 Å². The van der Waals surface area contributed by atoms with Crippen LogP contribution in [0.25, 0.3) is 0 Å². The van der Waals surface area contributed by atoms with Gasteiger partial charge in [0.25, 0.3) is 0 Å². The molecule has 0 bridgehead atoms. The molecule has 29 heavy (non-hydrogen) atoms. The van der Waals surface area contributed by atoms with Crippen molar-refractivity contribution in [3.05, 3.63) is 82.4 Å². The Morgan fingerprint density at radius 3 is 2.52 bits per heavy atom. The van der Waals surface area contributed by atoms with E-state index in [0.29, 0.717) is 23.1 Å². The van der Waals surface area contributed by atoms with E-state index in [1.54, 1.807) is 18.7 Å². The molecule has 1 unspecified atom stereocenters. The van der Waals surface area contributed by atoms with Gasteiger partial charge in [-0.25, -0.2) is 4.98 Å². The fraction of sp³-hybridized carbons (Fsp3) is 0.250. The van der Waals surface area contributed by atoms with Crippen LogP contribution in [-0.4, -0.2) is 38.6 Å². The molecule has 0 saturated heterocycles. The summed E-state index contributed by atoms with van der Waals surface area (Å²) < 4.78 is 1.85. The summed E-state index contributed by atoms with van der Waals surface area (Å²) in [7, 11) is 0. The number of nitrogens with zero attached hydrogens (tertiary/aromatic N) is 5. The van der Waals surface area contributed by atoms with Crippen LogP contribution >= 0.6 is 48.0 Å². The summed E-state index contributed by atoms with van der Waals surface area (Å²) in [5.74, 6) is 1.16. The lowest BCUT2D eigenvalue weighted by Crippen LogP contribution is -2.33.